The van der Waals surface area contributed by atoms with Gasteiger partial charge in [-0.05, 0) is 58.2 Å². The van der Waals surface area contributed by atoms with Crippen LogP contribution in [0.3, 0.4) is 0 Å². The lowest BCUT2D eigenvalue weighted by Crippen LogP contribution is -2.53. The molecule has 0 aliphatic carbocycles. The average molecular weight is 267 g/mol. The van der Waals surface area contributed by atoms with E-state index in [1.165, 1.54) is 51.9 Å². The van der Waals surface area contributed by atoms with Gasteiger partial charge in [-0.25, -0.2) is 0 Å². The minimum atomic E-state index is -0.115. The Morgan fingerprint density at radius 2 is 1.63 bits per heavy atom. The lowest BCUT2D eigenvalue weighted by atomic mass is 9.75. The largest absolute Gasteiger partial charge is 0.325 e. The topological polar surface area (TPSA) is 32.5 Å². The van der Waals surface area contributed by atoms with Crippen molar-refractivity contribution in [2.75, 3.05) is 32.7 Å². The van der Waals surface area contributed by atoms with Gasteiger partial charge in [0.05, 0.1) is 0 Å². The molecule has 19 heavy (non-hydrogen) atoms. The van der Waals surface area contributed by atoms with Gasteiger partial charge in [-0.1, -0.05) is 20.3 Å². The second kappa shape index (κ2) is 5.71. The van der Waals surface area contributed by atoms with Gasteiger partial charge in [0.15, 0.2) is 0 Å². The molecule has 2 fully saturated rings. The molecule has 3 heteroatoms. The molecule has 2 saturated heterocycles. The van der Waals surface area contributed by atoms with Gasteiger partial charge in [-0.15, -0.1) is 0 Å². The first-order valence-electron chi connectivity index (χ1n) is 8.05. The molecular formula is C16H33N3. The molecule has 2 rings (SSSR count). The van der Waals surface area contributed by atoms with Crippen molar-refractivity contribution < 1.29 is 0 Å². The fourth-order valence-electron chi connectivity index (χ4n) is 3.30. The summed E-state index contributed by atoms with van der Waals surface area (Å²) in [6.45, 7) is 15.2. The molecule has 0 amide bonds. The van der Waals surface area contributed by atoms with Crippen LogP contribution in [0.25, 0.3) is 0 Å². The number of piperidine rings is 1. The van der Waals surface area contributed by atoms with Crippen LogP contribution >= 0.6 is 0 Å². The summed E-state index contributed by atoms with van der Waals surface area (Å²) < 4.78 is 0. The van der Waals surface area contributed by atoms with Crippen molar-refractivity contribution in [2.45, 2.75) is 65.0 Å². The summed E-state index contributed by atoms with van der Waals surface area (Å²) in [6.07, 6.45) is 5.58. The standard InChI is InChI=1S/C16H33N3/c1-15(2,16(3,4)17)13-18-11-8-14(12-18)19-9-6-5-7-10-19/h14H,5-13,17H2,1-4H3. The van der Waals surface area contributed by atoms with E-state index in [2.05, 4.69) is 37.5 Å². The maximum atomic E-state index is 6.33. The van der Waals surface area contributed by atoms with Gasteiger partial charge in [0, 0.05) is 24.7 Å². The Kier molecular flexibility index (Phi) is 4.59. The van der Waals surface area contributed by atoms with E-state index < -0.39 is 0 Å². The maximum absolute atomic E-state index is 6.33. The van der Waals surface area contributed by atoms with Crippen LogP contribution in [0.4, 0.5) is 0 Å². The van der Waals surface area contributed by atoms with Crippen LogP contribution in [0, 0.1) is 5.41 Å². The predicted molar refractivity (Wildman–Crippen MR) is 82.3 cm³/mol. The molecule has 2 heterocycles. The van der Waals surface area contributed by atoms with E-state index in [4.69, 9.17) is 5.73 Å². The lowest BCUT2D eigenvalue weighted by molar-refractivity contribution is 0.114. The third-order valence-corrected chi connectivity index (χ3v) is 5.52. The molecule has 0 aromatic heterocycles. The highest BCUT2D eigenvalue weighted by Crippen LogP contribution is 2.31. The Labute approximate surface area is 119 Å². The summed E-state index contributed by atoms with van der Waals surface area (Å²) in [4.78, 5) is 5.36. The Balaban J connectivity index is 1.85. The zero-order valence-corrected chi connectivity index (χ0v) is 13.4. The van der Waals surface area contributed by atoms with E-state index in [1.807, 2.05) is 0 Å². The summed E-state index contributed by atoms with van der Waals surface area (Å²) in [5, 5.41) is 0. The molecule has 1 atom stereocenters. The molecule has 2 N–H and O–H groups in total. The minimum absolute atomic E-state index is 0.115. The normalized spacial score (nSPS) is 27.9. The van der Waals surface area contributed by atoms with E-state index in [9.17, 15) is 0 Å². The van der Waals surface area contributed by atoms with Crippen molar-refractivity contribution in [3.05, 3.63) is 0 Å². The number of likely N-dealkylation sites (tertiary alicyclic amines) is 2. The van der Waals surface area contributed by atoms with E-state index in [0.717, 1.165) is 12.6 Å². The third kappa shape index (κ3) is 3.71. The van der Waals surface area contributed by atoms with Gasteiger partial charge >= 0.3 is 0 Å². The SMILES string of the molecule is CC(C)(N)C(C)(C)CN1CCC(N2CCCCC2)C1. The quantitative estimate of drug-likeness (QED) is 0.848. The molecule has 2 aliphatic heterocycles. The summed E-state index contributed by atoms with van der Waals surface area (Å²) >= 11 is 0. The second-order valence-corrected chi connectivity index (χ2v) is 7.88. The van der Waals surface area contributed by atoms with Crippen LogP contribution in [0.15, 0.2) is 0 Å². The monoisotopic (exact) mass is 267 g/mol. The Bertz CT molecular complexity index is 287. The van der Waals surface area contributed by atoms with Gasteiger partial charge in [0.25, 0.3) is 0 Å². The van der Waals surface area contributed by atoms with Gasteiger partial charge in [-0.2, -0.15) is 0 Å². The van der Waals surface area contributed by atoms with Gasteiger partial charge in [0.2, 0.25) is 0 Å². The molecular weight excluding hydrogens is 234 g/mol. The summed E-state index contributed by atoms with van der Waals surface area (Å²) in [5.74, 6) is 0. The van der Waals surface area contributed by atoms with E-state index in [1.54, 1.807) is 0 Å². The zero-order valence-electron chi connectivity index (χ0n) is 13.4. The van der Waals surface area contributed by atoms with E-state index >= 15 is 0 Å². The minimum Gasteiger partial charge on any atom is -0.325 e. The highest BCUT2D eigenvalue weighted by Gasteiger charge is 2.37. The molecule has 2 aliphatic rings. The molecule has 0 radical (unpaired) electrons. The molecule has 0 aromatic carbocycles. The van der Waals surface area contributed by atoms with Crippen LogP contribution in [-0.4, -0.2) is 54.1 Å². The van der Waals surface area contributed by atoms with Gasteiger partial charge < -0.3 is 10.6 Å². The summed E-state index contributed by atoms with van der Waals surface area (Å²) in [7, 11) is 0. The fourth-order valence-corrected chi connectivity index (χ4v) is 3.30. The molecule has 0 saturated carbocycles. The van der Waals surface area contributed by atoms with Crippen LogP contribution in [0.5, 0.6) is 0 Å². The molecule has 0 spiro atoms. The zero-order chi connectivity index (χ0) is 14.1. The first-order valence-corrected chi connectivity index (χ1v) is 8.05. The number of hydrogen-bond acceptors (Lipinski definition) is 3. The summed E-state index contributed by atoms with van der Waals surface area (Å²) in [6, 6.07) is 0.803. The number of nitrogens with zero attached hydrogens (tertiary/aromatic N) is 2. The fraction of sp³-hybridized carbons (Fsp3) is 1.00. The molecule has 3 nitrogen and oxygen atoms in total. The van der Waals surface area contributed by atoms with Crippen molar-refractivity contribution in [1.29, 1.82) is 0 Å². The second-order valence-electron chi connectivity index (χ2n) is 7.88. The van der Waals surface area contributed by atoms with E-state index in [-0.39, 0.29) is 11.0 Å². The van der Waals surface area contributed by atoms with Crippen LogP contribution in [0.2, 0.25) is 0 Å². The highest BCUT2D eigenvalue weighted by atomic mass is 15.3. The predicted octanol–water partition coefficient (Wildman–Crippen LogP) is 2.31. The van der Waals surface area contributed by atoms with Crippen LogP contribution in [-0.2, 0) is 0 Å². The van der Waals surface area contributed by atoms with Crippen molar-refractivity contribution in [3.63, 3.8) is 0 Å². The van der Waals surface area contributed by atoms with Crippen molar-refractivity contribution in [2.24, 2.45) is 11.1 Å². The average Bonchev–Trinajstić information content (AvgIpc) is 2.76. The van der Waals surface area contributed by atoms with Crippen LogP contribution < -0.4 is 5.73 Å². The number of rotatable bonds is 4. The smallest absolute Gasteiger partial charge is 0.0235 e. The maximum Gasteiger partial charge on any atom is 0.0235 e. The molecule has 0 bridgehead atoms. The Morgan fingerprint density at radius 1 is 1.00 bits per heavy atom. The number of hydrogen-bond donors (Lipinski definition) is 1. The molecule has 1 unspecified atom stereocenters. The molecule has 112 valence electrons. The van der Waals surface area contributed by atoms with Crippen molar-refractivity contribution >= 4 is 0 Å². The first kappa shape index (κ1) is 15.3. The third-order valence-electron chi connectivity index (χ3n) is 5.52. The highest BCUT2D eigenvalue weighted by molar-refractivity contribution is 4.95. The van der Waals surface area contributed by atoms with Gasteiger partial charge in [0.1, 0.15) is 0 Å². The lowest BCUT2D eigenvalue weighted by Gasteiger charge is -2.41. The Hall–Kier alpha value is -0.120. The van der Waals surface area contributed by atoms with Gasteiger partial charge in [-0.3, -0.25) is 4.90 Å². The first-order chi connectivity index (χ1) is 8.79. The van der Waals surface area contributed by atoms with Crippen molar-refractivity contribution in [3.8, 4) is 0 Å². The van der Waals surface area contributed by atoms with Crippen LogP contribution in [0.1, 0.15) is 53.4 Å². The number of nitrogens with two attached hydrogens (primary N) is 1. The van der Waals surface area contributed by atoms with E-state index in [0.29, 0.717) is 0 Å². The molecule has 0 aromatic rings. The van der Waals surface area contributed by atoms with Crippen molar-refractivity contribution in [1.82, 2.24) is 9.80 Å². The summed E-state index contributed by atoms with van der Waals surface area (Å²) in [5.41, 5.74) is 6.39. The Morgan fingerprint density at radius 3 is 2.21 bits per heavy atom.